The summed E-state index contributed by atoms with van der Waals surface area (Å²) in [7, 11) is -3.73. The van der Waals surface area contributed by atoms with E-state index < -0.39 is 28.0 Å². The smallest absolute Gasteiger partial charge is 0.331 e. The fourth-order valence-corrected chi connectivity index (χ4v) is 2.09. The molecule has 0 spiro atoms. The molecule has 0 saturated carbocycles. The molecular formula is C5H9N3O4S. The van der Waals surface area contributed by atoms with Gasteiger partial charge in [-0.1, -0.05) is 0 Å². The first-order valence-corrected chi connectivity index (χ1v) is 5.25. The van der Waals surface area contributed by atoms with Crippen LogP contribution in [0.25, 0.3) is 0 Å². The van der Waals surface area contributed by atoms with E-state index in [1.165, 1.54) is 0 Å². The Morgan fingerprint density at radius 2 is 2.23 bits per heavy atom. The molecule has 74 valence electrons. The summed E-state index contributed by atoms with van der Waals surface area (Å²) in [5.41, 5.74) is 4.91. The molecule has 1 heterocycles. The van der Waals surface area contributed by atoms with E-state index in [0.717, 1.165) is 6.26 Å². The van der Waals surface area contributed by atoms with Crippen LogP contribution in [0.2, 0.25) is 0 Å². The van der Waals surface area contributed by atoms with Crippen LogP contribution in [0, 0.1) is 0 Å². The van der Waals surface area contributed by atoms with Gasteiger partial charge in [0.2, 0.25) is 15.9 Å². The number of primary amides is 1. The summed E-state index contributed by atoms with van der Waals surface area (Å²) in [4.78, 5) is 21.7. The van der Waals surface area contributed by atoms with Gasteiger partial charge >= 0.3 is 6.03 Å². The van der Waals surface area contributed by atoms with Crippen molar-refractivity contribution in [2.24, 2.45) is 5.73 Å². The molecule has 0 bridgehead atoms. The van der Waals surface area contributed by atoms with Gasteiger partial charge in [-0.05, 0) is 0 Å². The van der Waals surface area contributed by atoms with Crippen LogP contribution in [-0.2, 0) is 14.8 Å². The predicted molar refractivity (Wildman–Crippen MR) is 43.1 cm³/mol. The lowest BCUT2D eigenvalue weighted by Crippen LogP contribution is -2.45. The number of urea groups is 1. The highest BCUT2D eigenvalue weighted by molar-refractivity contribution is 7.89. The highest BCUT2D eigenvalue weighted by atomic mass is 32.2. The molecule has 1 aliphatic rings. The lowest BCUT2D eigenvalue weighted by atomic mass is 10.3. The Balaban J connectivity index is 3.04. The fraction of sp³-hybridized carbons (Fsp3) is 0.600. The number of nitrogens with zero attached hydrogens (tertiary/aromatic N) is 1. The highest BCUT2D eigenvalue weighted by Crippen LogP contribution is 2.10. The van der Waals surface area contributed by atoms with E-state index in [9.17, 15) is 18.0 Å². The van der Waals surface area contributed by atoms with Gasteiger partial charge in [0.1, 0.15) is 6.04 Å². The monoisotopic (exact) mass is 207 g/mol. The number of hydrogen-bond acceptors (Lipinski definition) is 4. The van der Waals surface area contributed by atoms with E-state index in [1.807, 2.05) is 0 Å². The van der Waals surface area contributed by atoms with Crippen molar-refractivity contribution in [2.45, 2.75) is 6.04 Å². The Morgan fingerprint density at radius 1 is 1.69 bits per heavy atom. The van der Waals surface area contributed by atoms with Crippen LogP contribution in [0.4, 0.5) is 4.79 Å². The maximum absolute atomic E-state index is 11.0. The predicted octanol–water partition coefficient (Wildman–Crippen LogP) is -2.17. The van der Waals surface area contributed by atoms with Gasteiger partial charge in [-0.15, -0.1) is 0 Å². The molecule has 0 radical (unpaired) electrons. The first kappa shape index (κ1) is 9.78. The van der Waals surface area contributed by atoms with E-state index >= 15 is 0 Å². The minimum Gasteiger partial charge on any atom is -0.368 e. The van der Waals surface area contributed by atoms with Gasteiger partial charge in [-0.3, -0.25) is 4.79 Å². The van der Waals surface area contributed by atoms with Crippen LogP contribution in [0.3, 0.4) is 0 Å². The van der Waals surface area contributed by atoms with Crippen molar-refractivity contribution < 1.29 is 18.0 Å². The molecule has 0 aromatic carbocycles. The summed E-state index contributed by atoms with van der Waals surface area (Å²) in [6.45, 7) is -0.0682. The van der Waals surface area contributed by atoms with Gasteiger partial charge < -0.3 is 11.1 Å². The summed E-state index contributed by atoms with van der Waals surface area (Å²) >= 11 is 0. The number of carbonyl (C=O) groups is 2. The molecular weight excluding hydrogens is 198 g/mol. The molecule has 3 amide bonds. The van der Waals surface area contributed by atoms with E-state index in [2.05, 4.69) is 5.32 Å². The van der Waals surface area contributed by atoms with E-state index in [0.29, 0.717) is 4.31 Å². The molecule has 0 aromatic heterocycles. The average Bonchev–Trinajstić information content (AvgIpc) is 2.28. The molecule has 3 N–H and O–H groups in total. The largest absolute Gasteiger partial charge is 0.368 e. The SMILES string of the molecule is CS(=O)(=O)N1C(=O)NCC1C(N)=O. The molecule has 1 unspecified atom stereocenters. The molecule has 1 fully saturated rings. The lowest BCUT2D eigenvalue weighted by Gasteiger charge is -2.17. The lowest BCUT2D eigenvalue weighted by molar-refractivity contribution is -0.120. The van der Waals surface area contributed by atoms with E-state index in [4.69, 9.17) is 5.73 Å². The standard InChI is InChI=1S/C5H9N3O4S/c1-13(11,12)8-3(4(6)9)2-7-5(8)10/h3H,2H2,1H3,(H2,6,9)(H,7,10). The van der Waals surface area contributed by atoms with Crippen LogP contribution in [-0.4, -0.2) is 43.5 Å². The molecule has 13 heavy (non-hydrogen) atoms. The molecule has 1 rings (SSSR count). The van der Waals surface area contributed by atoms with Crippen LogP contribution in [0.15, 0.2) is 0 Å². The van der Waals surface area contributed by atoms with Crippen LogP contribution < -0.4 is 11.1 Å². The maximum Gasteiger partial charge on any atom is 0.331 e. The Kier molecular flexibility index (Phi) is 2.16. The number of sulfonamides is 1. The van der Waals surface area contributed by atoms with Crippen molar-refractivity contribution in [3.63, 3.8) is 0 Å². The molecule has 1 saturated heterocycles. The van der Waals surface area contributed by atoms with Crippen molar-refractivity contribution in [1.29, 1.82) is 0 Å². The van der Waals surface area contributed by atoms with Crippen molar-refractivity contribution in [1.82, 2.24) is 9.62 Å². The first-order chi connectivity index (χ1) is 5.84. The maximum atomic E-state index is 11.0. The van der Waals surface area contributed by atoms with Gasteiger partial charge in [-0.2, -0.15) is 0 Å². The zero-order valence-corrected chi connectivity index (χ0v) is 7.67. The molecule has 1 aliphatic heterocycles. The zero-order chi connectivity index (χ0) is 10.2. The number of amides is 3. The van der Waals surface area contributed by atoms with Crippen LogP contribution in [0.1, 0.15) is 0 Å². The Labute approximate surface area is 74.9 Å². The highest BCUT2D eigenvalue weighted by Gasteiger charge is 2.40. The van der Waals surface area contributed by atoms with E-state index in [1.54, 1.807) is 0 Å². The molecule has 8 heteroatoms. The van der Waals surface area contributed by atoms with Crippen molar-refractivity contribution in [2.75, 3.05) is 12.8 Å². The second kappa shape index (κ2) is 2.87. The van der Waals surface area contributed by atoms with Gasteiger partial charge in [0.05, 0.1) is 12.8 Å². The second-order valence-corrected chi connectivity index (χ2v) is 4.52. The summed E-state index contributed by atoms with van der Waals surface area (Å²) in [6.07, 6.45) is 0.841. The summed E-state index contributed by atoms with van der Waals surface area (Å²) in [5.74, 6) is -0.844. The minimum absolute atomic E-state index is 0.0682. The van der Waals surface area contributed by atoms with Gasteiger partial charge in [0.15, 0.2) is 0 Å². The third-order valence-electron chi connectivity index (χ3n) is 1.62. The zero-order valence-electron chi connectivity index (χ0n) is 6.85. The summed E-state index contributed by atoms with van der Waals surface area (Å²) in [6, 6.07) is -1.92. The van der Waals surface area contributed by atoms with Crippen molar-refractivity contribution >= 4 is 22.0 Å². The Morgan fingerprint density at radius 3 is 2.54 bits per heavy atom. The van der Waals surface area contributed by atoms with Gasteiger partial charge in [0.25, 0.3) is 0 Å². The summed E-state index contributed by atoms with van der Waals surface area (Å²) < 4.78 is 22.5. The molecule has 0 aromatic rings. The Hall–Kier alpha value is -1.31. The Bertz CT molecular complexity index is 349. The number of hydrogen-bond donors (Lipinski definition) is 2. The third-order valence-corrected chi connectivity index (χ3v) is 2.75. The summed E-state index contributed by atoms with van der Waals surface area (Å²) in [5, 5.41) is 2.21. The number of nitrogens with two attached hydrogens (primary N) is 1. The second-order valence-electron chi connectivity index (χ2n) is 2.66. The van der Waals surface area contributed by atoms with Gasteiger partial charge in [0, 0.05) is 0 Å². The van der Waals surface area contributed by atoms with Crippen molar-refractivity contribution in [3.05, 3.63) is 0 Å². The normalized spacial score (nSPS) is 23.0. The topological polar surface area (TPSA) is 110 Å². The molecule has 1 atom stereocenters. The fourth-order valence-electron chi connectivity index (χ4n) is 1.08. The number of carbonyl (C=O) groups excluding carboxylic acids is 2. The molecule has 0 aliphatic carbocycles. The third kappa shape index (κ3) is 1.72. The van der Waals surface area contributed by atoms with Crippen LogP contribution in [0.5, 0.6) is 0 Å². The van der Waals surface area contributed by atoms with E-state index in [-0.39, 0.29) is 6.54 Å². The average molecular weight is 207 g/mol. The number of rotatable bonds is 2. The van der Waals surface area contributed by atoms with Gasteiger partial charge in [-0.25, -0.2) is 17.5 Å². The van der Waals surface area contributed by atoms with Crippen LogP contribution >= 0.6 is 0 Å². The minimum atomic E-state index is -3.73. The first-order valence-electron chi connectivity index (χ1n) is 3.40. The molecule has 7 nitrogen and oxygen atoms in total. The quantitative estimate of drug-likeness (QED) is 0.536. The van der Waals surface area contributed by atoms with Crippen molar-refractivity contribution in [3.8, 4) is 0 Å². The number of nitrogens with one attached hydrogen (secondary N) is 1.